The SMILES string of the molecule is CC(C)NCC1CCCCN1S(=O)(=O)NCc1ccsc1. The Hall–Kier alpha value is -0.470. The van der Waals surface area contributed by atoms with Crippen LogP contribution in [-0.2, 0) is 16.8 Å². The molecule has 7 heteroatoms. The van der Waals surface area contributed by atoms with Gasteiger partial charge in [-0.1, -0.05) is 20.3 Å². The van der Waals surface area contributed by atoms with Crippen molar-refractivity contribution in [3.63, 3.8) is 0 Å². The van der Waals surface area contributed by atoms with E-state index in [4.69, 9.17) is 0 Å². The number of thiophene rings is 1. The Labute approximate surface area is 131 Å². The minimum absolute atomic E-state index is 0.0566. The summed E-state index contributed by atoms with van der Waals surface area (Å²) < 4.78 is 29.4. The molecule has 1 aromatic rings. The van der Waals surface area contributed by atoms with Gasteiger partial charge >= 0.3 is 0 Å². The van der Waals surface area contributed by atoms with Gasteiger partial charge in [0.05, 0.1) is 0 Å². The molecule has 0 spiro atoms. The largest absolute Gasteiger partial charge is 0.313 e. The highest BCUT2D eigenvalue weighted by molar-refractivity contribution is 7.87. The second-order valence-electron chi connectivity index (χ2n) is 5.78. The van der Waals surface area contributed by atoms with E-state index in [1.165, 1.54) is 0 Å². The van der Waals surface area contributed by atoms with Gasteiger partial charge < -0.3 is 5.32 Å². The van der Waals surface area contributed by atoms with Crippen molar-refractivity contribution in [3.8, 4) is 0 Å². The molecule has 120 valence electrons. The summed E-state index contributed by atoms with van der Waals surface area (Å²) in [6, 6.07) is 2.37. The van der Waals surface area contributed by atoms with Gasteiger partial charge in [0.2, 0.25) is 0 Å². The molecule has 1 aromatic heterocycles. The molecule has 0 radical (unpaired) electrons. The fourth-order valence-electron chi connectivity index (χ4n) is 2.52. The lowest BCUT2D eigenvalue weighted by atomic mass is 10.0. The van der Waals surface area contributed by atoms with Crippen molar-refractivity contribution in [2.24, 2.45) is 0 Å². The van der Waals surface area contributed by atoms with E-state index in [0.29, 0.717) is 19.1 Å². The van der Waals surface area contributed by atoms with E-state index in [0.717, 1.165) is 31.4 Å². The highest BCUT2D eigenvalue weighted by Gasteiger charge is 2.31. The molecule has 5 nitrogen and oxygen atoms in total. The fourth-order valence-corrected chi connectivity index (χ4v) is 4.64. The predicted octanol–water partition coefficient (Wildman–Crippen LogP) is 1.94. The first-order valence-electron chi connectivity index (χ1n) is 7.50. The molecule has 2 rings (SSSR count). The third-order valence-corrected chi connectivity index (χ3v) is 6.02. The summed E-state index contributed by atoms with van der Waals surface area (Å²) in [7, 11) is -3.41. The van der Waals surface area contributed by atoms with Crippen molar-refractivity contribution in [2.45, 2.75) is 51.7 Å². The van der Waals surface area contributed by atoms with Gasteiger partial charge in [-0.25, -0.2) is 0 Å². The van der Waals surface area contributed by atoms with Crippen molar-refractivity contribution in [2.75, 3.05) is 13.1 Å². The van der Waals surface area contributed by atoms with Gasteiger partial charge in [-0.2, -0.15) is 28.8 Å². The van der Waals surface area contributed by atoms with Crippen LogP contribution in [0.1, 0.15) is 38.7 Å². The Morgan fingerprint density at radius 2 is 2.24 bits per heavy atom. The zero-order chi connectivity index (χ0) is 15.3. The minimum Gasteiger partial charge on any atom is -0.313 e. The summed E-state index contributed by atoms with van der Waals surface area (Å²) in [6.45, 7) is 5.86. The van der Waals surface area contributed by atoms with Gasteiger partial charge in [0.15, 0.2) is 0 Å². The van der Waals surface area contributed by atoms with Gasteiger partial charge in [0.1, 0.15) is 0 Å². The molecular weight excluding hydrogens is 306 g/mol. The molecule has 1 unspecified atom stereocenters. The van der Waals surface area contributed by atoms with Gasteiger partial charge in [-0.3, -0.25) is 0 Å². The Kier molecular flexibility index (Phi) is 6.19. The number of hydrogen-bond acceptors (Lipinski definition) is 4. The zero-order valence-electron chi connectivity index (χ0n) is 12.7. The molecule has 1 atom stereocenters. The number of rotatable bonds is 7. The van der Waals surface area contributed by atoms with Crippen LogP contribution in [0.3, 0.4) is 0 Å². The highest BCUT2D eigenvalue weighted by Crippen LogP contribution is 2.20. The molecule has 1 aliphatic heterocycles. The minimum atomic E-state index is -3.41. The van der Waals surface area contributed by atoms with Crippen molar-refractivity contribution < 1.29 is 8.42 Å². The normalized spacial score (nSPS) is 21.0. The van der Waals surface area contributed by atoms with E-state index in [1.54, 1.807) is 15.6 Å². The van der Waals surface area contributed by atoms with E-state index in [2.05, 4.69) is 23.9 Å². The molecular formula is C14H25N3O2S2. The molecule has 1 aliphatic rings. The van der Waals surface area contributed by atoms with Crippen LogP contribution in [0.2, 0.25) is 0 Å². The Morgan fingerprint density at radius 1 is 1.43 bits per heavy atom. The van der Waals surface area contributed by atoms with Crippen LogP contribution in [0.25, 0.3) is 0 Å². The van der Waals surface area contributed by atoms with Gasteiger partial charge in [-0.15, -0.1) is 0 Å². The summed E-state index contributed by atoms with van der Waals surface area (Å²) in [5.41, 5.74) is 1.01. The quantitative estimate of drug-likeness (QED) is 0.802. The van der Waals surface area contributed by atoms with E-state index < -0.39 is 10.2 Å². The molecule has 2 N–H and O–H groups in total. The molecule has 21 heavy (non-hydrogen) atoms. The third-order valence-electron chi connectivity index (χ3n) is 3.68. The smallest absolute Gasteiger partial charge is 0.280 e. The summed E-state index contributed by atoms with van der Waals surface area (Å²) in [5.74, 6) is 0. The standard InChI is InChI=1S/C14H25N3O2S2/c1-12(2)15-10-14-5-3-4-7-17(14)21(18,19)16-9-13-6-8-20-11-13/h6,8,11-12,14-16H,3-5,7,9-10H2,1-2H3. The number of hydrogen-bond donors (Lipinski definition) is 2. The summed E-state index contributed by atoms with van der Waals surface area (Å²) in [5, 5.41) is 7.28. The molecule has 0 aliphatic carbocycles. The molecule has 0 saturated carbocycles. The van der Waals surface area contributed by atoms with E-state index in [9.17, 15) is 8.42 Å². The molecule has 0 aromatic carbocycles. The van der Waals surface area contributed by atoms with Crippen LogP contribution >= 0.6 is 11.3 Å². The van der Waals surface area contributed by atoms with Crippen molar-refractivity contribution in [3.05, 3.63) is 22.4 Å². The van der Waals surface area contributed by atoms with Crippen molar-refractivity contribution in [1.29, 1.82) is 0 Å². The van der Waals surface area contributed by atoms with Crippen molar-refractivity contribution in [1.82, 2.24) is 14.3 Å². The molecule has 1 saturated heterocycles. The lowest BCUT2D eigenvalue weighted by Crippen LogP contribution is -2.52. The number of nitrogens with one attached hydrogen (secondary N) is 2. The third kappa shape index (κ3) is 5.03. The van der Waals surface area contributed by atoms with Crippen LogP contribution in [0, 0.1) is 0 Å². The molecule has 0 amide bonds. The zero-order valence-corrected chi connectivity index (χ0v) is 14.3. The average Bonchev–Trinajstić information content (AvgIpc) is 2.97. The van der Waals surface area contributed by atoms with Gasteiger partial charge in [0, 0.05) is 31.7 Å². The average molecular weight is 332 g/mol. The van der Waals surface area contributed by atoms with Crippen LogP contribution < -0.4 is 10.0 Å². The maximum absolute atomic E-state index is 12.5. The van der Waals surface area contributed by atoms with Crippen LogP contribution in [0.5, 0.6) is 0 Å². The summed E-state index contributed by atoms with van der Waals surface area (Å²) in [4.78, 5) is 0. The van der Waals surface area contributed by atoms with Gasteiger partial charge in [-0.05, 0) is 35.2 Å². The fraction of sp³-hybridized carbons (Fsp3) is 0.714. The second kappa shape index (κ2) is 7.69. The molecule has 2 heterocycles. The first kappa shape index (κ1) is 16.9. The number of nitrogens with zero attached hydrogens (tertiary/aromatic N) is 1. The topological polar surface area (TPSA) is 61.4 Å². The highest BCUT2D eigenvalue weighted by atomic mass is 32.2. The van der Waals surface area contributed by atoms with E-state index in [-0.39, 0.29) is 6.04 Å². The summed E-state index contributed by atoms with van der Waals surface area (Å²) in [6.07, 6.45) is 2.97. The maximum Gasteiger partial charge on any atom is 0.280 e. The first-order chi connectivity index (χ1) is 9.99. The molecule has 0 bridgehead atoms. The van der Waals surface area contributed by atoms with Gasteiger partial charge in [0.25, 0.3) is 10.2 Å². The lowest BCUT2D eigenvalue weighted by molar-refractivity contribution is 0.239. The summed E-state index contributed by atoms with van der Waals surface area (Å²) >= 11 is 1.58. The molecule has 1 fully saturated rings. The second-order valence-corrected chi connectivity index (χ2v) is 8.27. The Morgan fingerprint density at radius 3 is 2.90 bits per heavy atom. The van der Waals surface area contributed by atoms with Crippen LogP contribution in [0.15, 0.2) is 16.8 Å². The van der Waals surface area contributed by atoms with Crippen LogP contribution in [-0.4, -0.2) is 37.9 Å². The predicted molar refractivity (Wildman–Crippen MR) is 87.6 cm³/mol. The number of piperidine rings is 1. The van der Waals surface area contributed by atoms with E-state index in [1.807, 2.05) is 16.8 Å². The Bertz CT molecular complexity index is 514. The van der Waals surface area contributed by atoms with Crippen LogP contribution in [0.4, 0.5) is 0 Å². The first-order valence-corrected chi connectivity index (χ1v) is 9.88. The Balaban J connectivity index is 1.97. The maximum atomic E-state index is 12.5. The lowest BCUT2D eigenvalue weighted by Gasteiger charge is -2.35. The van der Waals surface area contributed by atoms with E-state index >= 15 is 0 Å². The van der Waals surface area contributed by atoms with Crippen molar-refractivity contribution >= 4 is 21.5 Å². The monoisotopic (exact) mass is 331 g/mol.